The van der Waals surface area contributed by atoms with Gasteiger partial charge in [-0.25, -0.2) is 0 Å². The summed E-state index contributed by atoms with van der Waals surface area (Å²) in [6.45, 7) is 8.08. The zero-order valence-electron chi connectivity index (χ0n) is 47.2. The fraction of sp³-hybridized carbons (Fsp3) is 0.460. The highest BCUT2D eigenvalue weighted by molar-refractivity contribution is 5.93. The van der Waals surface area contributed by atoms with Gasteiger partial charge in [0, 0.05) is 33.2 Å². The molecule has 0 spiro atoms. The maximum atomic E-state index is 11.5. The highest BCUT2D eigenvalue weighted by Crippen LogP contribution is 2.30. The molecule has 3 fully saturated rings. The molecular weight excluding hydrogens is 1060 g/mol. The molecule has 9 rings (SSSR count). The van der Waals surface area contributed by atoms with Crippen LogP contribution in [-0.2, 0) is 36.9 Å². The Morgan fingerprint density at radius 1 is 0.573 bits per heavy atom. The zero-order valence-corrected chi connectivity index (χ0v) is 47.2. The predicted octanol–water partition coefficient (Wildman–Crippen LogP) is 13.2. The molecular formula is C63H100O19. The second-order valence-corrected chi connectivity index (χ2v) is 18.8. The Kier molecular flexibility index (Phi) is 46.6. The van der Waals surface area contributed by atoms with E-state index in [4.69, 9.17) is 37.4 Å². The third kappa shape index (κ3) is 41.0. The van der Waals surface area contributed by atoms with Crippen LogP contribution < -0.4 is 0 Å². The molecule has 2 aliphatic heterocycles. The van der Waals surface area contributed by atoms with E-state index in [1.165, 1.54) is 109 Å². The van der Waals surface area contributed by atoms with Gasteiger partial charge in [0.25, 0.3) is 0 Å². The van der Waals surface area contributed by atoms with Gasteiger partial charge in [-0.15, -0.1) is 0 Å². The van der Waals surface area contributed by atoms with E-state index >= 15 is 0 Å². The first kappa shape index (κ1) is 77.0. The number of furan rings is 6. The van der Waals surface area contributed by atoms with Crippen molar-refractivity contribution in [2.75, 3.05) is 13.2 Å². The molecule has 0 aromatic carbocycles. The van der Waals surface area contributed by atoms with Crippen LogP contribution >= 0.6 is 0 Å². The van der Waals surface area contributed by atoms with Gasteiger partial charge in [-0.2, -0.15) is 0 Å². The first-order valence-electron chi connectivity index (χ1n) is 26.9. The number of rotatable bonds is 20. The molecule has 4 atom stereocenters. The summed E-state index contributed by atoms with van der Waals surface area (Å²) in [7, 11) is 0. The van der Waals surface area contributed by atoms with Crippen LogP contribution in [0.25, 0.3) is 12.2 Å². The number of allylic oxidation sites excluding steroid dienone is 2. The fourth-order valence-electron chi connectivity index (χ4n) is 7.61. The first-order valence-corrected chi connectivity index (χ1v) is 26.9. The molecule has 466 valence electrons. The van der Waals surface area contributed by atoms with Crippen molar-refractivity contribution >= 4 is 48.4 Å². The average Bonchev–Trinajstić information content (AvgIpc) is 4.30. The Labute approximate surface area is 489 Å². The monoisotopic (exact) mass is 1160 g/mol. The molecule has 6 aromatic heterocycles. The van der Waals surface area contributed by atoms with Crippen LogP contribution in [0.2, 0.25) is 0 Å². The molecule has 0 bridgehead atoms. The minimum absolute atomic E-state index is 0. The molecule has 8 heterocycles. The van der Waals surface area contributed by atoms with Crippen LogP contribution in [0, 0.1) is 5.92 Å². The zero-order chi connectivity index (χ0) is 57.7. The predicted molar refractivity (Wildman–Crippen MR) is 323 cm³/mol. The summed E-state index contributed by atoms with van der Waals surface area (Å²) in [6, 6.07) is 20.5. The standard InChI is InChI=1S/C14H26O2.C13H12O3.C8H16O2.C8H8O2.C6H6O3.2C5H4O2.C3H6O.CH4.2H2O.5H2/c15-13(8-7-12-4-1-2-5-12)9-10-14-6-3-11-16-14;14-11(5-7-12-3-1-9-15-12)6-8-13-4-2-10-16-13;2*1-7(9)4-5-8-3-2-6-10-8;7-3-5-1-2-6(4-8)9-5;2*6-4-5-2-1-3-7-5;1-3(2)4;;;;;;;;/h12-15H,1-11H2;1-5,7,9-10H,6,8H2;7-9H,2-6H2,1H3;2-6H,1H3;1-3,8H,4H2;2*1-4H;1-2H3;1H4;2*1H2;5*1H/b;7-5+;;5-4+;;;;;;;;;;;;. The van der Waals surface area contributed by atoms with Crippen molar-refractivity contribution in [1.29, 1.82) is 0 Å². The lowest BCUT2D eigenvalue weighted by Gasteiger charge is -2.15. The van der Waals surface area contributed by atoms with Gasteiger partial charge in [-0.3, -0.25) is 24.0 Å². The van der Waals surface area contributed by atoms with Crippen molar-refractivity contribution in [1.82, 2.24) is 0 Å². The SMILES string of the molecule is C.CC(=O)/C=C/c1ccco1.CC(C)=O.CC(O)CCC1CCCO1.O.O.O=C(/C=C/c1ccco1)CCc1ccco1.O=Cc1ccc(CO)o1.O=Cc1ccco1.O=Cc1ccco1.OC(CCC1CCCC1)CCC1CCCO1.[HH].[HH].[HH].[HH].[HH]. The highest BCUT2D eigenvalue weighted by Gasteiger charge is 2.20. The number of aryl methyl sites for hydroxylation is 1. The Morgan fingerprint density at radius 2 is 1.02 bits per heavy atom. The van der Waals surface area contributed by atoms with Gasteiger partial charge in [0.2, 0.25) is 0 Å². The number of carbonyl (C=O) groups is 6. The topological polar surface area (TPSA) is 323 Å². The Balaban J connectivity index is -0.000000170. The van der Waals surface area contributed by atoms with Gasteiger partial charge in [-0.1, -0.05) is 33.1 Å². The van der Waals surface area contributed by atoms with Gasteiger partial charge >= 0.3 is 0 Å². The van der Waals surface area contributed by atoms with Crippen LogP contribution in [0.5, 0.6) is 0 Å². The molecule has 0 radical (unpaired) electrons. The number of aliphatic hydroxyl groups is 3. The molecule has 1 aliphatic carbocycles. The number of hydrogen-bond donors (Lipinski definition) is 3. The summed E-state index contributed by atoms with van der Waals surface area (Å²) >= 11 is 0. The molecule has 82 heavy (non-hydrogen) atoms. The van der Waals surface area contributed by atoms with Crippen LogP contribution in [0.15, 0.2) is 143 Å². The second-order valence-electron chi connectivity index (χ2n) is 18.8. The Hall–Kier alpha value is -7.10. The largest absolute Gasteiger partial charge is 0.469 e. The Bertz CT molecular complexity index is 2410. The molecule has 1 saturated carbocycles. The lowest BCUT2D eigenvalue weighted by molar-refractivity contribution is -0.115. The number of aldehydes is 3. The normalized spacial score (nSPS) is 15.4. The smallest absolute Gasteiger partial charge is 0.185 e. The second kappa shape index (κ2) is 49.7. The van der Waals surface area contributed by atoms with Crippen molar-refractivity contribution < 1.29 is 98.1 Å². The van der Waals surface area contributed by atoms with Crippen LogP contribution in [0.3, 0.4) is 0 Å². The van der Waals surface area contributed by atoms with E-state index in [0.29, 0.717) is 72.7 Å². The summed E-state index contributed by atoms with van der Waals surface area (Å²) in [4.78, 5) is 60.8. The quantitative estimate of drug-likeness (QED) is 0.0472. The third-order valence-corrected chi connectivity index (χ3v) is 11.6. The molecule has 7 N–H and O–H groups in total. The average molecular weight is 1160 g/mol. The molecule has 3 aliphatic rings. The van der Waals surface area contributed by atoms with Gasteiger partial charge < -0.3 is 67.0 Å². The number of Topliss-reactive ketones (excluding diaryl/α,β-unsaturated/α-hetero) is 1. The van der Waals surface area contributed by atoms with Crippen molar-refractivity contribution in [3.05, 3.63) is 157 Å². The van der Waals surface area contributed by atoms with Crippen LogP contribution in [0.1, 0.15) is 193 Å². The van der Waals surface area contributed by atoms with Gasteiger partial charge in [0.15, 0.2) is 47.7 Å². The number of hydrogen-bond acceptors (Lipinski definition) is 17. The van der Waals surface area contributed by atoms with E-state index in [0.717, 1.165) is 57.0 Å². The number of ether oxygens (including phenoxy) is 2. The van der Waals surface area contributed by atoms with E-state index in [2.05, 4.69) is 8.83 Å². The van der Waals surface area contributed by atoms with Crippen LogP contribution in [-0.4, -0.2) is 100 Å². The lowest BCUT2D eigenvalue weighted by Crippen LogP contribution is -2.13. The summed E-state index contributed by atoms with van der Waals surface area (Å²) < 4.78 is 40.1. The van der Waals surface area contributed by atoms with Crippen molar-refractivity contribution in [2.24, 2.45) is 5.92 Å². The van der Waals surface area contributed by atoms with E-state index in [9.17, 15) is 33.9 Å². The molecule has 0 amide bonds. The van der Waals surface area contributed by atoms with Gasteiger partial charge in [-0.05, 0) is 195 Å². The minimum Gasteiger partial charge on any atom is -0.469 e. The first-order chi connectivity index (χ1) is 38.2. The summed E-state index contributed by atoms with van der Waals surface area (Å²) in [5.74, 6) is 4.80. The lowest BCUT2D eigenvalue weighted by atomic mass is 9.97. The Morgan fingerprint density at radius 3 is 1.39 bits per heavy atom. The summed E-state index contributed by atoms with van der Waals surface area (Å²) in [5, 5.41) is 27.3. The van der Waals surface area contributed by atoms with Crippen molar-refractivity contribution in [3.8, 4) is 0 Å². The molecule has 2 saturated heterocycles. The molecule has 19 nitrogen and oxygen atoms in total. The van der Waals surface area contributed by atoms with E-state index < -0.39 is 0 Å². The third-order valence-electron chi connectivity index (χ3n) is 11.6. The molecule has 19 heteroatoms. The number of carbonyl (C=O) groups excluding carboxylic acids is 6. The number of ketones is 3. The summed E-state index contributed by atoms with van der Waals surface area (Å²) in [5.41, 5.74) is 0. The van der Waals surface area contributed by atoms with Gasteiger partial charge in [0.1, 0.15) is 35.4 Å². The van der Waals surface area contributed by atoms with Crippen molar-refractivity contribution in [3.63, 3.8) is 0 Å². The molecule has 4 unspecified atom stereocenters. The minimum atomic E-state index is -0.163. The van der Waals surface area contributed by atoms with Crippen LogP contribution in [0.4, 0.5) is 0 Å². The number of aliphatic hydroxyl groups excluding tert-OH is 3. The fourth-order valence-corrected chi connectivity index (χ4v) is 7.61. The highest BCUT2D eigenvalue weighted by atomic mass is 16.5. The van der Waals surface area contributed by atoms with E-state index in [-0.39, 0.29) is 67.4 Å². The molecule has 6 aromatic rings. The maximum Gasteiger partial charge on any atom is 0.185 e. The summed E-state index contributed by atoms with van der Waals surface area (Å²) in [6.07, 6.45) is 34.2. The van der Waals surface area contributed by atoms with Crippen molar-refractivity contribution in [2.45, 2.75) is 169 Å². The van der Waals surface area contributed by atoms with Gasteiger partial charge in [0.05, 0.1) is 55.7 Å². The van der Waals surface area contributed by atoms with E-state index in [1.54, 1.807) is 85.5 Å². The van der Waals surface area contributed by atoms with E-state index in [1.807, 2.05) is 19.1 Å². The maximum absolute atomic E-state index is 11.5.